The molecule has 0 unspecified atom stereocenters. The molecule has 1 aromatic heterocycles. The van der Waals surface area contributed by atoms with E-state index in [9.17, 15) is 9.59 Å². The molecule has 1 atom stereocenters. The topological polar surface area (TPSA) is 90.9 Å². The first kappa shape index (κ1) is 22.0. The molecule has 1 N–H and O–H groups in total. The molecule has 9 heteroatoms. The van der Waals surface area contributed by atoms with E-state index in [1.807, 2.05) is 24.0 Å². The van der Waals surface area contributed by atoms with Crippen LogP contribution in [0.25, 0.3) is 0 Å². The van der Waals surface area contributed by atoms with Crippen LogP contribution >= 0.6 is 0 Å². The molecule has 2 saturated heterocycles. The van der Waals surface area contributed by atoms with E-state index in [-0.39, 0.29) is 18.2 Å². The number of aryl methyl sites for hydroxylation is 1. The quantitative estimate of drug-likeness (QED) is 0.714. The van der Waals surface area contributed by atoms with Gasteiger partial charge >= 0.3 is 0 Å². The Kier molecular flexibility index (Phi) is 6.84. The van der Waals surface area contributed by atoms with Gasteiger partial charge in [0.1, 0.15) is 11.6 Å². The van der Waals surface area contributed by atoms with Gasteiger partial charge in [-0.3, -0.25) is 19.5 Å². The van der Waals surface area contributed by atoms with Crippen molar-refractivity contribution in [2.24, 2.45) is 0 Å². The molecule has 2 amide bonds. The molecular formula is C23H30N6O3. The summed E-state index contributed by atoms with van der Waals surface area (Å²) in [7, 11) is 1.66. The van der Waals surface area contributed by atoms with Crippen LogP contribution in [0, 0.1) is 6.92 Å². The number of hydrogen-bond acceptors (Lipinski definition) is 7. The Labute approximate surface area is 188 Å². The van der Waals surface area contributed by atoms with Crippen molar-refractivity contribution >= 4 is 17.6 Å². The highest BCUT2D eigenvalue weighted by molar-refractivity contribution is 5.89. The molecule has 0 spiro atoms. The van der Waals surface area contributed by atoms with E-state index < -0.39 is 6.04 Å². The summed E-state index contributed by atoms with van der Waals surface area (Å²) in [4.78, 5) is 40.2. The summed E-state index contributed by atoms with van der Waals surface area (Å²) in [5, 5.41) is 2.92. The van der Waals surface area contributed by atoms with E-state index in [0.717, 1.165) is 29.2 Å². The SMILES string of the molecule is COc1ccc(CN2CCNC(=O)[C@H]2CC(=O)N2CCN(c3cnccn3)CC2)cc1C. The average molecular weight is 439 g/mol. The van der Waals surface area contributed by atoms with Gasteiger partial charge in [-0.05, 0) is 24.1 Å². The van der Waals surface area contributed by atoms with Crippen LogP contribution in [0.5, 0.6) is 5.75 Å². The molecule has 0 radical (unpaired) electrons. The number of carbonyl (C=O) groups is 2. The van der Waals surface area contributed by atoms with Crippen molar-refractivity contribution in [1.82, 2.24) is 25.1 Å². The first-order valence-corrected chi connectivity index (χ1v) is 11.0. The molecule has 0 aliphatic carbocycles. The fraction of sp³-hybridized carbons (Fsp3) is 0.478. The molecule has 170 valence electrons. The lowest BCUT2D eigenvalue weighted by atomic mass is 10.0. The smallest absolute Gasteiger partial charge is 0.237 e. The van der Waals surface area contributed by atoms with Gasteiger partial charge in [0.25, 0.3) is 0 Å². The van der Waals surface area contributed by atoms with Gasteiger partial charge in [-0.1, -0.05) is 12.1 Å². The van der Waals surface area contributed by atoms with Crippen LogP contribution in [0.4, 0.5) is 5.82 Å². The average Bonchev–Trinajstić information content (AvgIpc) is 2.82. The van der Waals surface area contributed by atoms with Gasteiger partial charge in [0.2, 0.25) is 11.8 Å². The number of piperazine rings is 2. The van der Waals surface area contributed by atoms with Gasteiger partial charge in [-0.25, -0.2) is 4.98 Å². The minimum atomic E-state index is -0.461. The Balaban J connectivity index is 1.37. The van der Waals surface area contributed by atoms with Crippen LogP contribution in [-0.4, -0.2) is 84.0 Å². The molecule has 0 bridgehead atoms. The highest BCUT2D eigenvalue weighted by Gasteiger charge is 2.33. The van der Waals surface area contributed by atoms with Crippen molar-refractivity contribution in [3.05, 3.63) is 47.9 Å². The Morgan fingerprint density at radius 3 is 2.69 bits per heavy atom. The van der Waals surface area contributed by atoms with Crippen LogP contribution < -0.4 is 15.0 Å². The van der Waals surface area contributed by atoms with Crippen molar-refractivity contribution in [2.45, 2.75) is 25.9 Å². The minimum absolute atomic E-state index is 0.0155. The second kappa shape index (κ2) is 9.95. The summed E-state index contributed by atoms with van der Waals surface area (Å²) in [6, 6.07) is 5.58. The number of aromatic nitrogens is 2. The van der Waals surface area contributed by atoms with Gasteiger partial charge in [0, 0.05) is 58.2 Å². The molecule has 0 saturated carbocycles. The highest BCUT2D eigenvalue weighted by atomic mass is 16.5. The molecule has 1 aromatic carbocycles. The summed E-state index contributed by atoms with van der Waals surface area (Å²) >= 11 is 0. The molecule has 32 heavy (non-hydrogen) atoms. The number of ether oxygens (including phenoxy) is 1. The number of benzene rings is 1. The Morgan fingerprint density at radius 1 is 1.19 bits per heavy atom. The zero-order valence-corrected chi connectivity index (χ0v) is 18.7. The van der Waals surface area contributed by atoms with Gasteiger partial charge in [-0.15, -0.1) is 0 Å². The van der Waals surface area contributed by atoms with E-state index in [0.29, 0.717) is 39.3 Å². The molecule has 4 rings (SSSR count). The predicted octanol–water partition coefficient (Wildman–Crippen LogP) is 0.833. The Morgan fingerprint density at radius 2 is 2.00 bits per heavy atom. The Bertz CT molecular complexity index is 946. The number of hydrogen-bond donors (Lipinski definition) is 1. The normalized spacial score (nSPS) is 19.6. The van der Waals surface area contributed by atoms with Gasteiger partial charge in [-0.2, -0.15) is 0 Å². The summed E-state index contributed by atoms with van der Waals surface area (Å²) in [5.74, 6) is 1.61. The summed E-state index contributed by atoms with van der Waals surface area (Å²) in [5.41, 5.74) is 2.16. The number of anilines is 1. The molecule has 2 aliphatic rings. The molecule has 2 aromatic rings. The minimum Gasteiger partial charge on any atom is -0.496 e. The maximum atomic E-state index is 13.0. The number of amides is 2. The summed E-state index contributed by atoms with van der Waals surface area (Å²) in [6.45, 7) is 6.57. The van der Waals surface area contributed by atoms with Crippen molar-refractivity contribution in [1.29, 1.82) is 0 Å². The third-order valence-corrected chi connectivity index (χ3v) is 6.16. The lowest BCUT2D eigenvalue weighted by Crippen LogP contribution is -2.57. The van der Waals surface area contributed by atoms with E-state index in [1.165, 1.54) is 0 Å². The van der Waals surface area contributed by atoms with Crippen molar-refractivity contribution in [3.8, 4) is 5.75 Å². The maximum Gasteiger partial charge on any atom is 0.237 e. The first-order valence-electron chi connectivity index (χ1n) is 11.0. The fourth-order valence-corrected chi connectivity index (χ4v) is 4.38. The molecule has 9 nitrogen and oxygen atoms in total. The number of carbonyl (C=O) groups excluding carboxylic acids is 2. The Hall–Kier alpha value is -3.20. The summed E-state index contributed by atoms with van der Waals surface area (Å²) < 4.78 is 5.34. The monoisotopic (exact) mass is 438 g/mol. The molecule has 2 aliphatic heterocycles. The van der Waals surface area contributed by atoms with Crippen molar-refractivity contribution in [3.63, 3.8) is 0 Å². The predicted molar refractivity (Wildman–Crippen MR) is 120 cm³/mol. The zero-order valence-electron chi connectivity index (χ0n) is 18.7. The zero-order chi connectivity index (χ0) is 22.5. The van der Waals surface area contributed by atoms with E-state index in [2.05, 4.69) is 31.2 Å². The highest BCUT2D eigenvalue weighted by Crippen LogP contribution is 2.22. The standard InChI is InChI=1S/C23H30N6O3/c1-17-13-18(3-4-20(17)32-2)16-29-8-7-26-23(31)19(29)14-22(30)28-11-9-27(10-12-28)21-15-24-5-6-25-21/h3-6,13,15,19H,7-12,14,16H2,1-2H3,(H,26,31)/t19-/m1/s1. The third kappa shape index (κ3) is 4.99. The molecule has 3 heterocycles. The van der Waals surface area contributed by atoms with Crippen LogP contribution in [0.2, 0.25) is 0 Å². The lowest BCUT2D eigenvalue weighted by molar-refractivity contribution is -0.139. The van der Waals surface area contributed by atoms with E-state index in [1.54, 1.807) is 25.7 Å². The largest absolute Gasteiger partial charge is 0.496 e. The number of rotatable bonds is 6. The lowest BCUT2D eigenvalue weighted by Gasteiger charge is -2.38. The van der Waals surface area contributed by atoms with Crippen LogP contribution in [-0.2, 0) is 16.1 Å². The van der Waals surface area contributed by atoms with Gasteiger partial charge in [0.05, 0.1) is 25.8 Å². The second-order valence-electron chi connectivity index (χ2n) is 8.22. The van der Waals surface area contributed by atoms with Crippen LogP contribution in [0.3, 0.4) is 0 Å². The molecular weight excluding hydrogens is 408 g/mol. The third-order valence-electron chi connectivity index (χ3n) is 6.16. The van der Waals surface area contributed by atoms with Crippen molar-refractivity contribution < 1.29 is 14.3 Å². The van der Waals surface area contributed by atoms with Crippen LogP contribution in [0.1, 0.15) is 17.5 Å². The summed E-state index contributed by atoms with van der Waals surface area (Å²) in [6.07, 6.45) is 5.25. The van der Waals surface area contributed by atoms with E-state index >= 15 is 0 Å². The van der Waals surface area contributed by atoms with Gasteiger partial charge < -0.3 is 19.9 Å². The second-order valence-corrected chi connectivity index (χ2v) is 8.22. The van der Waals surface area contributed by atoms with Gasteiger partial charge in [0.15, 0.2) is 0 Å². The molecule has 2 fully saturated rings. The fourth-order valence-electron chi connectivity index (χ4n) is 4.38. The number of nitrogens with zero attached hydrogens (tertiary/aromatic N) is 5. The van der Waals surface area contributed by atoms with Crippen molar-refractivity contribution in [2.75, 3.05) is 51.3 Å². The first-order chi connectivity index (χ1) is 15.5. The number of methoxy groups -OCH3 is 1. The number of nitrogens with one attached hydrogen (secondary N) is 1. The van der Waals surface area contributed by atoms with Crippen LogP contribution in [0.15, 0.2) is 36.8 Å². The van der Waals surface area contributed by atoms with E-state index in [4.69, 9.17) is 4.74 Å². The maximum absolute atomic E-state index is 13.0.